The number of amides is 2. The van der Waals surface area contributed by atoms with Gasteiger partial charge in [-0.05, 0) is 35.9 Å². The predicted octanol–water partition coefficient (Wildman–Crippen LogP) is 2.87. The van der Waals surface area contributed by atoms with E-state index in [4.69, 9.17) is 14.7 Å². The molecule has 2 aliphatic rings. The highest BCUT2D eigenvalue weighted by atomic mass is 32.1. The minimum absolute atomic E-state index is 0.0179. The number of hydrogen-bond acceptors (Lipinski definition) is 8. The van der Waals surface area contributed by atoms with Crippen molar-refractivity contribution in [2.24, 2.45) is 11.8 Å². The van der Waals surface area contributed by atoms with Gasteiger partial charge in [0, 0.05) is 12.3 Å². The highest BCUT2D eigenvalue weighted by molar-refractivity contribution is 7.13. The molecule has 3 N–H and O–H groups in total. The number of carbonyl (C=O) groups excluding carboxylic acids is 2. The van der Waals surface area contributed by atoms with Crippen molar-refractivity contribution in [1.29, 1.82) is 0 Å². The van der Waals surface area contributed by atoms with Crippen LogP contribution in [0.25, 0.3) is 21.6 Å². The number of hydrogen-bond donors (Lipinski definition) is 3. The van der Waals surface area contributed by atoms with Crippen LogP contribution in [0.15, 0.2) is 54.4 Å². The van der Waals surface area contributed by atoms with E-state index in [1.807, 2.05) is 41.8 Å². The molecule has 3 aromatic rings. The predicted molar refractivity (Wildman–Crippen MR) is 145 cm³/mol. The molecule has 0 unspecified atom stereocenters. The molecule has 10 nitrogen and oxygen atoms in total. The number of rotatable bonds is 9. The van der Waals surface area contributed by atoms with E-state index in [1.165, 1.54) is 22.3 Å². The molecule has 3 heterocycles. The number of ether oxygens (including phenoxy) is 1. The number of aliphatic hydroxyl groups is 1. The summed E-state index contributed by atoms with van der Waals surface area (Å²) >= 11 is 1.49. The quantitative estimate of drug-likeness (QED) is 0.345. The maximum Gasteiger partial charge on any atom is 0.330 e. The Morgan fingerprint density at radius 1 is 1.21 bits per heavy atom. The summed E-state index contributed by atoms with van der Waals surface area (Å²) in [5.74, 6) is -2.88. The Kier molecular flexibility index (Phi) is 7.13. The van der Waals surface area contributed by atoms with Crippen molar-refractivity contribution in [3.8, 4) is 16.5 Å². The van der Waals surface area contributed by atoms with Crippen molar-refractivity contribution in [2.45, 2.75) is 50.5 Å². The minimum Gasteiger partial charge on any atom is -0.479 e. The molecule has 5 atom stereocenters. The molecule has 1 saturated carbocycles. The Labute approximate surface area is 229 Å². The van der Waals surface area contributed by atoms with E-state index in [0.29, 0.717) is 16.7 Å². The fraction of sp³-hybridized carbons (Fsp3) is 0.393. The Hall–Kier alpha value is -3.83. The van der Waals surface area contributed by atoms with Crippen LogP contribution in [0.4, 0.5) is 0 Å². The maximum absolute atomic E-state index is 13.4. The lowest BCUT2D eigenvalue weighted by molar-refractivity contribution is -0.149. The van der Waals surface area contributed by atoms with Crippen molar-refractivity contribution in [1.82, 2.24) is 20.2 Å². The van der Waals surface area contributed by atoms with Gasteiger partial charge in [0.1, 0.15) is 29.5 Å². The van der Waals surface area contributed by atoms with Gasteiger partial charge in [-0.2, -0.15) is 0 Å². The Morgan fingerprint density at radius 2 is 1.92 bits per heavy atom. The summed E-state index contributed by atoms with van der Waals surface area (Å²) in [6.07, 6.45) is -0.145. The van der Waals surface area contributed by atoms with E-state index >= 15 is 0 Å². The van der Waals surface area contributed by atoms with Crippen LogP contribution in [0, 0.1) is 11.8 Å². The number of carboxylic acids is 1. The van der Waals surface area contributed by atoms with Gasteiger partial charge in [-0.1, -0.05) is 38.1 Å². The molecule has 1 aliphatic heterocycles. The topological polar surface area (TPSA) is 142 Å². The van der Waals surface area contributed by atoms with Crippen LogP contribution in [-0.2, 0) is 14.4 Å². The zero-order valence-corrected chi connectivity index (χ0v) is 22.4. The smallest absolute Gasteiger partial charge is 0.330 e. The van der Waals surface area contributed by atoms with Gasteiger partial charge in [0.2, 0.25) is 11.8 Å². The number of nitrogens with zero attached hydrogens (tertiary/aromatic N) is 3. The number of aliphatic hydroxyl groups excluding tert-OH is 1. The SMILES string of the molecule is C=C[C@@H]1C[C@]1(NC(=O)[C@@H]1C[C@@H](Oc2nc3ccccc3nc2-c2cccs2)CN1C(=O)[C@@H](O)C(C)C)C(=O)O. The van der Waals surface area contributed by atoms with Crippen molar-refractivity contribution in [3.05, 3.63) is 54.4 Å². The lowest BCUT2D eigenvalue weighted by Crippen LogP contribution is -2.54. The monoisotopic (exact) mass is 550 g/mol. The number of carboxylic acid groups (broad SMARTS) is 1. The largest absolute Gasteiger partial charge is 0.479 e. The first kappa shape index (κ1) is 26.8. The van der Waals surface area contributed by atoms with Gasteiger partial charge in [0.05, 0.1) is 22.5 Å². The molecule has 0 radical (unpaired) electrons. The van der Waals surface area contributed by atoms with Crippen LogP contribution in [-0.4, -0.2) is 73.2 Å². The fourth-order valence-electron chi connectivity index (χ4n) is 4.95. The number of carbonyl (C=O) groups is 3. The van der Waals surface area contributed by atoms with Gasteiger partial charge in [0.15, 0.2) is 0 Å². The summed E-state index contributed by atoms with van der Waals surface area (Å²) < 4.78 is 6.32. The molecule has 1 aromatic carbocycles. The van der Waals surface area contributed by atoms with Crippen LogP contribution >= 0.6 is 11.3 Å². The second-order valence-corrected chi connectivity index (χ2v) is 11.3. The maximum atomic E-state index is 13.4. The van der Waals surface area contributed by atoms with E-state index in [2.05, 4.69) is 11.9 Å². The zero-order valence-electron chi connectivity index (χ0n) is 21.6. The van der Waals surface area contributed by atoms with E-state index in [9.17, 15) is 24.6 Å². The van der Waals surface area contributed by atoms with Gasteiger partial charge < -0.3 is 25.2 Å². The highest BCUT2D eigenvalue weighted by Gasteiger charge is 2.61. The molecule has 2 amide bonds. The molecule has 5 rings (SSSR count). The number of aromatic nitrogens is 2. The molecule has 1 saturated heterocycles. The number of aliphatic carboxylic acids is 1. The molecule has 2 aromatic heterocycles. The molecule has 39 heavy (non-hydrogen) atoms. The summed E-state index contributed by atoms with van der Waals surface area (Å²) in [6, 6.07) is 10.2. The average molecular weight is 551 g/mol. The summed E-state index contributed by atoms with van der Waals surface area (Å²) in [5, 5.41) is 24.9. The number of fused-ring (bicyclic) bond motifs is 1. The van der Waals surface area contributed by atoms with Gasteiger partial charge in [-0.3, -0.25) is 9.59 Å². The van der Waals surface area contributed by atoms with Crippen molar-refractivity contribution in [3.63, 3.8) is 0 Å². The average Bonchev–Trinajstić information content (AvgIpc) is 3.23. The Morgan fingerprint density at radius 3 is 2.51 bits per heavy atom. The van der Waals surface area contributed by atoms with Gasteiger partial charge in [-0.25, -0.2) is 14.8 Å². The second-order valence-electron chi connectivity index (χ2n) is 10.3. The Balaban J connectivity index is 1.45. The first-order valence-electron chi connectivity index (χ1n) is 12.8. The van der Waals surface area contributed by atoms with Crippen LogP contribution < -0.4 is 10.1 Å². The summed E-state index contributed by atoms with van der Waals surface area (Å²) in [4.78, 5) is 50.2. The molecule has 0 spiro atoms. The number of benzene rings is 1. The summed E-state index contributed by atoms with van der Waals surface area (Å²) in [7, 11) is 0. The molecule has 1 aliphatic carbocycles. The first-order valence-corrected chi connectivity index (χ1v) is 13.7. The van der Waals surface area contributed by atoms with Gasteiger partial charge in [0.25, 0.3) is 5.91 Å². The molecule has 204 valence electrons. The Bertz CT molecular complexity index is 1430. The molecule has 0 bridgehead atoms. The van der Waals surface area contributed by atoms with Crippen molar-refractivity contribution in [2.75, 3.05) is 6.54 Å². The molecular formula is C28H30N4O6S. The number of likely N-dealkylation sites (tertiary alicyclic amines) is 1. The lowest BCUT2D eigenvalue weighted by atomic mass is 10.1. The fourth-order valence-corrected chi connectivity index (χ4v) is 5.65. The number of para-hydroxylation sites is 2. The van der Waals surface area contributed by atoms with Crippen LogP contribution in [0.5, 0.6) is 5.88 Å². The third kappa shape index (κ3) is 4.99. The van der Waals surface area contributed by atoms with Gasteiger partial charge >= 0.3 is 5.97 Å². The lowest BCUT2D eigenvalue weighted by Gasteiger charge is -2.28. The molecule has 11 heteroatoms. The van der Waals surface area contributed by atoms with Crippen molar-refractivity contribution >= 4 is 40.2 Å². The zero-order chi connectivity index (χ0) is 27.9. The summed E-state index contributed by atoms with van der Waals surface area (Å²) in [6.45, 7) is 7.09. The van der Waals surface area contributed by atoms with E-state index in [1.54, 1.807) is 13.8 Å². The minimum atomic E-state index is -1.45. The first-order chi connectivity index (χ1) is 18.6. The van der Waals surface area contributed by atoms with Crippen LogP contribution in [0.1, 0.15) is 26.7 Å². The normalized spacial score (nSPS) is 24.9. The molecular weight excluding hydrogens is 520 g/mol. The van der Waals surface area contributed by atoms with E-state index in [0.717, 1.165) is 4.88 Å². The van der Waals surface area contributed by atoms with Crippen LogP contribution in [0.3, 0.4) is 0 Å². The van der Waals surface area contributed by atoms with Gasteiger partial charge in [-0.15, -0.1) is 17.9 Å². The van der Waals surface area contributed by atoms with E-state index in [-0.39, 0.29) is 31.2 Å². The third-order valence-corrected chi connectivity index (χ3v) is 8.21. The molecule has 2 fully saturated rings. The standard InChI is InChI=1S/C28H30N4O6S/c1-4-16-13-28(16,27(36)37)31-24(34)20-12-17(14-32(20)26(35)23(33)15(2)3)38-25-22(21-10-7-11-39-21)29-18-8-5-6-9-19(18)30-25/h4-11,15-17,20,23,33H,1,12-14H2,2-3H3,(H,31,34)(H,36,37)/t16-,17-,20+,23+,28-/m1/s1. The van der Waals surface area contributed by atoms with Crippen LogP contribution in [0.2, 0.25) is 0 Å². The summed E-state index contributed by atoms with van der Waals surface area (Å²) in [5.41, 5.74) is 0.442. The number of thiophene rings is 1. The second kappa shape index (κ2) is 10.4. The highest BCUT2D eigenvalue weighted by Crippen LogP contribution is 2.45. The number of nitrogens with one attached hydrogen (secondary N) is 1. The van der Waals surface area contributed by atoms with E-state index < -0.39 is 47.5 Å². The third-order valence-electron chi connectivity index (χ3n) is 7.33. The van der Waals surface area contributed by atoms with Crippen molar-refractivity contribution < 1.29 is 29.3 Å².